The van der Waals surface area contributed by atoms with Gasteiger partial charge < -0.3 is 19.1 Å². The molecule has 4 fully saturated rings. The summed E-state index contributed by atoms with van der Waals surface area (Å²) >= 11 is 0. The average Bonchev–Trinajstić information content (AvgIpc) is 3.27. The number of fused-ring (bicyclic) bond motifs is 3. The van der Waals surface area contributed by atoms with Crippen LogP contribution in [0.3, 0.4) is 0 Å². The Bertz CT molecular complexity index is 750. The van der Waals surface area contributed by atoms with E-state index < -0.39 is 58.7 Å². The Balaban J connectivity index is 1.87. The van der Waals surface area contributed by atoms with Gasteiger partial charge in [0.1, 0.15) is 11.8 Å². The molecule has 0 aliphatic carbocycles. The summed E-state index contributed by atoms with van der Waals surface area (Å²) in [6, 6.07) is 0. The number of esters is 2. The number of rotatable bonds is 2. The lowest BCUT2D eigenvalue weighted by Crippen LogP contribution is -2.60. The molecule has 3 amide bonds. The number of ether oxygens (including phenoxy) is 3. The molecule has 5 atom stereocenters. The van der Waals surface area contributed by atoms with Crippen LogP contribution in [0.2, 0.25) is 0 Å². The third-order valence-electron chi connectivity index (χ3n) is 5.77. The molecule has 0 aromatic rings. The molecule has 25 heavy (non-hydrogen) atoms. The van der Waals surface area contributed by atoms with Crippen LogP contribution in [0.5, 0.6) is 0 Å². The standard InChI is InChI=1S/C15H16N2O8/c1-16-9(18)7-8(10(16)19)15(13(22)24-3)12(21)17-5-6(11(20)23-2)4-14(7,17)25-15/h6-8H,4-5H2,1-3H3/t6-,7+,8-,14-,15+/m1/s1. The average molecular weight is 352 g/mol. The molecular formula is C15H16N2O8. The van der Waals surface area contributed by atoms with Crippen LogP contribution in [0.1, 0.15) is 6.42 Å². The first-order valence-electron chi connectivity index (χ1n) is 7.76. The smallest absolute Gasteiger partial charge is 0.349 e. The summed E-state index contributed by atoms with van der Waals surface area (Å²) in [5.41, 5.74) is -3.68. The Morgan fingerprint density at radius 3 is 2.36 bits per heavy atom. The molecule has 4 rings (SSSR count). The minimum atomic E-state index is -2.17. The van der Waals surface area contributed by atoms with E-state index in [2.05, 4.69) is 0 Å². The molecule has 10 nitrogen and oxygen atoms in total. The SMILES string of the molecule is COC(=O)[C@H]1CN2C(=O)[C@@]3(C(=O)OC)O[C@]2(C1)[C@@H]1C(=O)N(C)C(=O)[C@@H]13. The first-order valence-corrected chi connectivity index (χ1v) is 7.76. The van der Waals surface area contributed by atoms with Crippen LogP contribution in [-0.4, -0.2) is 78.6 Å². The lowest BCUT2D eigenvalue weighted by molar-refractivity contribution is -0.177. The fraction of sp³-hybridized carbons (Fsp3) is 0.667. The van der Waals surface area contributed by atoms with E-state index in [1.807, 2.05) is 0 Å². The fourth-order valence-corrected chi connectivity index (χ4v) is 4.74. The first-order chi connectivity index (χ1) is 11.8. The Kier molecular flexibility index (Phi) is 2.92. The topological polar surface area (TPSA) is 120 Å². The summed E-state index contributed by atoms with van der Waals surface area (Å²) < 4.78 is 15.3. The molecule has 0 aromatic heterocycles. The van der Waals surface area contributed by atoms with Crippen LogP contribution in [0.4, 0.5) is 0 Å². The van der Waals surface area contributed by atoms with Gasteiger partial charge in [-0.05, 0) is 0 Å². The molecule has 0 N–H and O–H groups in total. The maximum Gasteiger partial charge on any atom is 0.349 e. The van der Waals surface area contributed by atoms with Crippen molar-refractivity contribution in [1.82, 2.24) is 9.80 Å². The van der Waals surface area contributed by atoms with Gasteiger partial charge in [0, 0.05) is 20.0 Å². The van der Waals surface area contributed by atoms with E-state index in [-0.39, 0.29) is 13.0 Å². The highest BCUT2D eigenvalue weighted by molar-refractivity contribution is 6.19. The number of likely N-dealkylation sites (tertiary alicyclic amines) is 1. The van der Waals surface area contributed by atoms with Gasteiger partial charge in [-0.25, -0.2) is 4.79 Å². The largest absolute Gasteiger partial charge is 0.469 e. The maximum absolute atomic E-state index is 13.0. The van der Waals surface area contributed by atoms with Crippen molar-refractivity contribution in [2.75, 3.05) is 27.8 Å². The highest BCUT2D eigenvalue weighted by Crippen LogP contribution is 2.63. The van der Waals surface area contributed by atoms with Crippen molar-refractivity contribution >= 4 is 29.7 Å². The predicted octanol–water partition coefficient (Wildman–Crippen LogP) is -2.11. The molecule has 4 aliphatic heterocycles. The molecule has 134 valence electrons. The third-order valence-corrected chi connectivity index (χ3v) is 5.77. The fourth-order valence-electron chi connectivity index (χ4n) is 4.74. The highest BCUT2D eigenvalue weighted by atomic mass is 16.6. The monoisotopic (exact) mass is 352 g/mol. The third kappa shape index (κ3) is 1.47. The zero-order chi connectivity index (χ0) is 18.3. The highest BCUT2D eigenvalue weighted by Gasteiger charge is 2.86. The molecule has 10 heteroatoms. The van der Waals surface area contributed by atoms with Crippen LogP contribution in [0.25, 0.3) is 0 Å². The maximum atomic E-state index is 13.0. The zero-order valence-electron chi connectivity index (χ0n) is 13.8. The minimum Gasteiger partial charge on any atom is -0.469 e. The van der Waals surface area contributed by atoms with E-state index in [0.29, 0.717) is 0 Å². The Morgan fingerprint density at radius 1 is 1.12 bits per heavy atom. The summed E-state index contributed by atoms with van der Waals surface area (Å²) in [7, 11) is 3.60. The van der Waals surface area contributed by atoms with Gasteiger partial charge in [0.25, 0.3) is 11.5 Å². The second kappa shape index (κ2) is 4.57. The second-order valence-corrected chi connectivity index (χ2v) is 6.70. The Hall–Kier alpha value is -2.49. The van der Waals surface area contributed by atoms with Crippen molar-refractivity contribution in [1.29, 1.82) is 0 Å². The number of imide groups is 1. The molecular weight excluding hydrogens is 336 g/mol. The van der Waals surface area contributed by atoms with Gasteiger partial charge in [-0.15, -0.1) is 0 Å². The van der Waals surface area contributed by atoms with E-state index in [4.69, 9.17) is 14.2 Å². The van der Waals surface area contributed by atoms with E-state index in [0.717, 1.165) is 12.0 Å². The van der Waals surface area contributed by atoms with Crippen LogP contribution < -0.4 is 0 Å². The lowest BCUT2D eigenvalue weighted by atomic mass is 9.74. The van der Waals surface area contributed by atoms with Gasteiger partial charge in [0.15, 0.2) is 5.72 Å². The summed E-state index contributed by atoms with van der Waals surface area (Å²) in [5.74, 6) is -6.52. The number of carbonyl (C=O) groups excluding carboxylic acids is 5. The number of nitrogens with zero attached hydrogens (tertiary/aromatic N) is 2. The van der Waals surface area contributed by atoms with Crippen LogP contribution >= 0.6 is 0 Å². The van der Waals surface area contributed by atoms with Gasteiger partial charge >= 0.3 is 11.9 Å². The van der Waals surface area contributed by atoms with Crippen molar-refractivity contribution < 1.29 is 38.2 Å². The zero-order valence-corrected chi connectivity index (χ0v) is 13.8. The summed E-state index contributed by atoms with van der Waals surface area (Å²) in [6.07, 6.45) is -0.0157. The molecule has 1 spiro atoms. The van der Waals surface area contributed by atoms with Crippen molar-refractivity contribution in [3.8, 4) is 0 Å². The van der Waals surface area contributed by atoms with E-state index in [1.54, 1.807) is 0 Å². The quantitative estimate of drug-likeness (QED) is 0.315. The number of piperidine rings is 1. The van der Waals surface area contributed by atoms with E-state index in [1.165, 1.54) is 19.1 Å². The lowest BCUT2D eigenvalue weighted by Gasteiger charge is -2.35. The van der Waals surface area contributed by atoms with E-state index in [9.17, 15) is 24.0 Å². The molecule has 4 saturated heterocycles. The summed E-state index contributed by atoms with van der Waals surface area (Å²) in [5, 5.41) is 0. The second-order valence-electron chi connectivity index (χ2n) is 6.70. The normalized spacial score (nSPS) is 41.2. The number of hydrogen-bond acceptors (Lipinski definition) is 8. The number of hydrogen-bond donors (Lipinski definition) is 0. The van der Waals surface area contributed by atoms with Gasteiger partial charge in [0.2, 0.25) is 11.8 Å². The molecule has 0 aromatic carbocycles. The minimum absolute atomic E-state index is 0.0157. The summed E-state index contributed by atoms with van der Waals surface area (Å²) in [6.45, 7) is -0.0430. The summed E-state index contributed by atoms with van der Waals surface area (Å²) in [4.78, 5) is 64.7. The van der Waals surface area contributed by atoms with Crippen molar-refractivity contribution in [2.24, 2.45) is 17.8 Å². The van der Waals surface area contributed by atoms with Crippen LogP contribution in [0.15, 0.2) is 0 Å². The van der Waals surface area contributed by atoms with Crippen molar-refractivity contribution in [2.45, 2.75) is 17.7 Å². The molecule has 0 saturated carbocycles. The number of amides is 3. The number of carbonyl (C=O) groups is 5. The van der Waals surface area contributed by atoms with E-state index >= 15 is 0 Å². The Labute approximate surface area is 141 Å². The van der Waals surface area contributed by atoms with Crippen molar-refractivity contribution in [3.63, 3.8) is 0 Å². The molecule has 0 unspecified atom stereocenters. The molecule has 0 radical (unpaired) electrons. The van der Waals surface area contributed by atoms with Crippen LogP contribution in [0, 0.1) is 17.8 Å². The molecule has 4 heterocycles. The molecule has 4 aliphatic rings. The number of methoxy groups -OCH3 is 2. The van der Waals surface area contributed by atoms with Crippen LogP contribution in [-0.2, 0) is 38.2 Å². The van der Waals surface area contributed by atoms with Gasteiger partial charge in [-0.3, -0.25) is 24.1 Å². The van der Waals surface area contributed by atoms with Gasteiger partial charge in [0.05, 0.1) is 20.1 Å². The predicted molar refractivity (Wildman–Crippen MR) is 75.2 cm³/mol. The first kappa shape index (κ1) is 16.0. The molecule has 2 bridgehead atoms. The van der Waals surface area contributed by atoms with Gasteiger partial charge in [-0.1, -0.05) is 0 Å². The Morgan fingerprint density at radius 2 is 1.76 bits per heavy atom. The van der Waals surface area contributed by atoms with Crippen molar-refractivity contribution in [3.05, 3.63) is 0 Å². The van der Waals surface area contributed by atoms with Gasteiger partial charge in [-0.2, -0.15) is 0 Å².